The Balaban J connectivity index is 1.97. The summed E-state index contributed by atoms with van der Waals surface area (Å²) in [5.74, 6) is -1.31. The lowest BCUT2D eigenvalue weighted by Gasteiger charge is -2.40. The third kappa shape index (κ3) is 3.40. The molecular weight excluding hydrogens is 264 g/mol. The van der Waals surface area contributed by atoms with E-state index in [9.17, 15) is 14.7 Å². The molecule has 2 saturated heterocycles. The van der Waals surface area contributed by atoms with Gasteiger partial charge in [0.25, 0.3) is 0 Å². The van der Waals surface area contributed by atoms with Gasteiger partial charge in [-0.3, -0.25) is 4.79 Å². The van der Waals surface area contributed by atoms with Gasteiger partial charge in [-0.25, -0.2) is 4.79 Å². The molecule has 2 N–H and O–H groups in total. The molecule has 0 aliphatic carbocycles. The third-order valence-electron chi connectivity index (χ3n) is 3.84. The minimum atomic E-state index is -0.842. The van der Waals surface area contributed by atoms with E-state index in [1.165, 1.54) is 0 Å². The molecular formula is C13H22N2O5. The van der Waals surface area contributed by atoms with Crippen molar-refractivity contribution < 1.29 is 24.5 Å². The molecule has 2 amide bonds. The molecule has 2 aliphatic rings. The highest BCUT2D eigenvalue weighted by Gasteiger charge is 2.34. The van der Waals surface area contributed by atoms with Crippen molar-refractivity contribution in [2.45, 2.75) is 32.0 Å². The number of amides is 2. The summed E-state index contributed by atoms with van der Waals surface area (Å²) >= 11 is 0. The highest BCUT2D eigenvalue weighted by atomic mass is 16.5. The average molecular weight is 286 g/mol. The first-order chi connectivity index (χ1) is 9.51. The number of likely N-dealkylation sites (tertiary alicyclic amines) is 1. The van der Waals surface area contributed by atoms with E-state index in [1.807, 2.05) is 6.92 Å². The van der Waals surface area contributed by atoms with Gasteiger partial charge in [0.1, 0.15) is 0 Å². The zero-order valence-corrected chi connectivity index (χ0v) is 11.7. The molecule has 0 aromatic carbocycles. The lowest BCUT2D eigenvalue weighted by Crippen LogP contribution is -2.56. The number of hydrogen-bond acceptors (Lipinski definition) is 4. The quantitative estimate of drug-likeness (QED) is 0.745. The molecule has 0 radical (unpaired) electrons. The number of aliphatic hydroxyl groups excluding tert-OH is 1. The number of urea groups is 1. The van der Waals surface area contributed by atoms with Crippen LogP contribution in [0.2, 0.25) is 0 Å². The molecule has 0 aromatic heterocycles. The minimum absolute atomic E-state index is 0.119. The Morgan fingerprint density at radius 2 is 2.00 bits per heavy atom. The van der Waals surface area contributed by atoms with E-state index in [4.69, 9.17) is 9.84 Å². The van der Waals surface area contributed by atoms with Crippen LogP contribution in [-0.2, 0) is 9.53 Å². The van der Waals surface area contributed by atoms with Gasteiger partial charge in [0, 0.05) is 19.6 Å². The molecule has 0 saturated carbocycles. The molecule has 2 aliphatic heterocycles. The van der Waals surface area contributed by atoms with Crippen LogP contribution in [0.25, 0.3) is 0 Å². The number of nitrogens with zero attached hydrogens (tertiary/aromatic N) is 2. The molecule has 0 bridgehead atoms. The van der Waals surface area contributed by atoms with Crippen LogP contribution in [0.15, 0.2) is 0 Å². The van der Waals surface area contributed by atoms with Crippen LogP contribution in [0.1, 0.15) is 19.8 Å². The van der Waals surface area contributed by atoms with Crippen LogP contribution in [0, 0.1) is 5.92 Å². The third-order valence-corrected chi connectivity index (χ3v) is 3.84. The lowest BCUT2D eigenvalue weighted by molar-refractivity contribution is -0.143. The predicted octanol–water partition coefficient (Wildman–Crippen LogP) is -0.0154. The summed E-state index contributed by atoms with van der Waals surface area (Å²) in [4.78, 5) is 26.8. The summed E-state index contributed by atoms with van der Waals surface area (Å²) < 4.78 is 5.51. The van der Waals surface area contributed by atoms with E-state index in [1.54, 1.807) is 9.80 Å². The molecule has 2 heterocycles. The van der Waals surface area contributed by atoms with Gasteiger partial charge in [-0.1, -0.05) is 0 Å². The first kappa shape index (κ1) is 15.1. The number of carboxylic acid groups (broad SMARTS) is 1. The number of rotatable bonds is 2. The summed E-state index contributed by atoms with van der Waals surface area (Å²) in [7, 11) is 0. The van der Waals surface area contributed by atoms with Crippen LogP contribution >= 0.6 is 0 Å². The number of ether oxygens (including phenoxy) is 1. The van der Waals surface area contributed by atoms with Crippen molar-refractivity contribution in [3.8, 4) is 0 Å². The fourth-order valence-corrected chi connectivity index (χ4v) is 2.85. The highest BCUT2D eigenvalue weighted by molar-refractivity contribution is 5.77. The van der Waals surface area contributed by atoms with Crippen molar-refractivity contribution in [2.24, 2.45) is 5.92 Å². The van der Waals surface area contributed by atoms with Crippen molar-refractivity contribution in [1.29, 1.82) is 0 Å². The van der Waals surface area contributed by atoms with Crippen LogP contribution in [0.3, 0.4) is 0 Å². The van der Waals surface area contributed by atoms with Crippen LogP contribution in [0.5, 0.6) is 0 Å². The van der Waals surface area contributed by atoms with E-state index in [0.29, 0.717) is 32.5 Å². The molecule has 3 atom stereocenters. The standard InChI is InChI=1S/C13H22N2O5/c1-9-5-15(7-11(8-16)20-9)13(19)14-4-2-3-10(6-14)12(17)18/h9-11,16H,2-8H2,1H3,(H,17,18)/t9?,10-,11?/m1/s1. The van der Waals surface area contributed by atoms with Crippen molar-refractivity contribution in [3.63, 3.8) is 0 Å². The minimum Gasteiger partial charge on any atom is -0.481 e. The summed E-state index contributed by atoms with van der Waals surface area (Å²) in [5, 5.41) is 18.2. The maximum atomic E-state index is 12.5. The Morgan fingerprint density at radius 3 is 2.65 bits per heavy atom. The number of hydrogen-bond donors (Lipinski definition) is 2. The Hall–Kier alpha value is -1.34. The van der Waals surface area contributed by atoms with Crippen molar-refractivity contribution in [1.82, 2.24) is 9.80 Å². The maximum absolute atomic E-state index is 12.5. The van der Waals surface area contributed by atoms with Gasteiger partial charge in [-0.05, 0) is 19.8 Å². The smallest absolute Gasteiger partial charge is 0.320 e. The van der Waals surface area contributed by atoms with Crippen molar-refractivity contribution >= 4 is 12.0 Å². The maximum Gasteiger partial charge on any atom is 0.320 e. The van der Waals surface area contributed by atoms with Gasteiger partial charge in [0.05, 0.1) is 31.3 Å². The van der Waals surface area contributed by atoms with E-state index in [-0.39, 0.29) is 31.4 Å². The molecule has 7 heteroatoms. The molecule has 0 spiro atoms. The molecule has 2 rings (SSSR count). The summed E-state index contributed by atoms with van der Waals surface area (Å²) in [6.45, 7) is 3.43. The van der Waals surface area contributed by atoms with Crippen molar-refractivity contribution in [3.05, 3.63) is 0 Å². The lowest BCUT2D eigenvalue weighted by atomic mass is 9.98. The monoisotopic (exact) mass is 286 g/mol. The van der Waals surface area contributed by atoms with E-state index in [0.717, 1.165) is 0 Å². The number of piperidine rings is 1. The Kier molecular flexibility index (Phi) is 4.82. The van der Waals surface area contributed by atoms with Gasteiger partial charge in [0.2, 0.25) is 0 Å². The second-order valence-corrected chi connectivity index (χ2v) is 5.56. The number of carbonyl (C=O) groups is 2. The van der Waals surface area contributed by atoms with E-state index < -0.39 is 11.9 Å². The molecule has 2 fully saturated rings. The average Bonchev–Trinajstić information content (AvgIpc) is 2.45. The van der Waals surface area contributed by atoms with Gasteiger partial charge in [0.15, 0.2) is 0 Å². The number of morpholine rings is 1. The Bertz CT molecular complexity index is 376. The SMILES string of the molecule is CC1CN(C(=O)N2CCC[C@@H](C(=O)O)C2)CC(CO)O1. The predicted molar refractivity (Wildman–Crippen MR) is 70.3 cm³/mol. The Morgan fingerprint density at radius 1 is 1.25 bits per heavy atom. The first-order valence-electron chi connectivity index (χ1n) is 7.04. The van der Waals surface area contributed by atoms with Crippen LogP contribution in [0.4, 0.5) is 4.79 Å². The fraction of sp³-hybridized carbons (Fsp3) is 0.846. The number of aliphatic carboxylic acids is 1. The second kappa shape index (κ2) is 6.41. The number of carbonyl (C=O) groups excluding carboxylic acids is 1. The molecule has 7 nitrogen and oxygen atoms in total. The number of carboxylic acids is 1. The van der Waals surface area contributed by atoms with E-state index in [2.05, 4.69) is 0 Å². The van der Waals surface area contributed by atoms with Crippen molar-refractivity contribution in [2.75, 3.05) is 32.8 Å². The zero-order chi connectivity index (χ0) is 14.7. The summed E-state index contributed by atoms with van der Waals surface area (Å²) in [6.07, 6.45) is 0.858. The fourth-order valence-electron chi connectivity index (χ4n) is 2.85. The normalized spacial score (nSPS) is 31.2. The van der Waals surface area contributed by atoms with Gasteiger partial charge < -0.3 is 24.7 Å². The second-order valence-electron chi connectivity index (χ2n) is 5.56. The molecule has 2 unspecified atom stereocenters. The zero-order valence-electron chi connectivity index (χ0n) is 11.7. The number of aliphatic hydroxyl groups is 1. The van der Waals surface area contributed by atoms with Gasteiger partial charge >= 0.3 is 12.0 Å². The van der Waals surface area contributed by atoms with E-state index >= 15 is 0 Å². The topological polar surface area (TPSA) is 90.3 Å². The largest absolute Gasteiger partial charge is 0.481 e. The molecule has 20 heavy (non-hydrogen) atoms. The van der Waals surface area contributed by atoms with Gasteiger partial charge in [-0.15, -0.1) is 0 Å². The van der Waals surface area contributed by atoms with Crippen LogP contribution in [-0.4, -0.2) is 77.0 Å². The molecule has 0 aromatic rings. The van der Waals surface area contributed by atoms with Gasteiger partial charge in [-0.2, -0.15) is 0 Å². The molecule has 114 valence electrons. The summed E-state index contributed by atoms with van der Waals surface area (Å²) in [5.41, 5.74) is 0. The Labute approximate surface area is 118 Å². The first-order valence-corrected chi connectivity index (χ1v) is 7.04. The summed E-state index contributed by atoms with van der Waals surface area (Å²) in [6, 6.07) is -0.149. The van der Waals surface area contributed by atoms with Crippen LogP contribution < -0.4 is 0 Å². The highest BCUT2D eigenvalue weighted by Crippen LogP contribution is 2.20.